The molecule has 0 aliphatic rings. The second-order valence-corrected chi connectivity index (χ2v) is 6.72. The van der Waals surface area contributed by atoms with Crippen molar-refractivity contribution in [3.63, 3.8) is 0 Å². The quantitative estimate of drug-likeness (QED) is 0.178. The van der Waals surface area contributed by atoms with Crippen molar-refractivity contribution in [2.24, 2.45) is 4.99 Å². The maximum atomic E-state index is 13.9. The summed E-state index contributed by atoms with van der Waals surface area (Å²) in [6.45, 7) is 1.93. The number of ether oxygens (including phenoxy) is 1. The van der Waals surface area contributed by atoms with E-state index in [1.54, 1.807) is 12.1 Å². The monoisotopic (exact) mass is 459 g/mol. The number of aryl methyl sites for hydroxylation is 1. The molecule has 0 aliphatic carbocycles. The Bertz CT molecular complexity index is 1230. The smallest absolute Gasteiger partial charge is 0.406 e. The van der Waals surface area contributed by atoms with Gasteiger partial charge in [0.05, 0.1) is 5.16 Å². The van der Waals surface area contributed by atoms with Crippen molar-refractivity contribution in [1.82, 2.24) is 0 Å². The molecule has 0 bridgehead atoms. The minimum atomic E-state index is -4.75. The summed E-state index contributed by atoms with van der Waals surface area (Å²) < 4.78 is 68.8. The maximum absolute atomic E-state index is 13.9. The minimum Gasteiger partial charge on any atom is -0.406 e. The Balaban J connectivity index is 1.88. The van der Waals surface area contributed by atoms with Gasteiger partial charge in [0.15, 0.2) is 11.6 Å². The first-order chi connectivity index (χ1) is 15.2. The van der Waals surface area contributed by atoms with Crippen molar-refractivity contribution in [3.05, 3.63) is 82.9 Å². The molecule has 3 aromatic carbocycles. The molecule has 0 amide bonds. The van der Waals surface area contributed by atoms with Crippen LogP contribution in [0.2, 0.25) is 0 Å². The molecule has 0 N–H and O–H groups in total. The standard InChI is InChI=1S/C24H14F5NOS/c1-2-17-11-15(3-4-16-12-21(25)23(30-14-32)22(26)13-16)5-10-20(17)18-6-8-19(9-7-18)31-24(27,28)29/h5-13H,2H2,1H3. The molecule has 0 spiro atoms. The normalized spacial score (nSPS) is 10.7. The first-order valence-electron chi connectivity index (χ1n) is 9.28. The molecule has 2 nitrogen and oxygen atoms in total. The van der Waals surface area contributed by atoms with Gasteiger partial charge in [0.2, 0.25) is 0 Å². The summed E-state index contributed by atoms with van der Waals surface area (Å²) >= 11 is 4.37. The van der Waals surface area contributed by atoms with Gasteiger partial charge in [0, 0.05) is 11.1 Å². The van der Waals surface area contributed by atoms with Crippen molar-refractivity contribution in [2.75, 3.05) is 0 Å². The van der Waals surface area contributed by atoms with Crippen molar-refractivity contribution in [3.8, 4) is 28.7 Å². The van der Waals surface area contributed by atoms with Crippen molar-refractivity contribution < 1.29 is 26.7 Å². The van der Waals surface area contributed by atoms with Crippen molar-refractivity contribution >= 4 is 23.1 Å². The van der Waals surface area contributed by atoms with Crippen LogP contribution in [-0.4, -0.2) is 11.5 Å². The van der Waals surface area contributed by atoms with E-state index in [9.17, 15) is 22.0 Å². The van der Waals surface area contributed by atoms with Crippen molar-refractivity contribution in [2.45, 2.75) is 19.7 Å². The highest BCUT2D eigenvalue weighted by Gasteiger charge is 2.31. The van der Waals surface area contributed by atoms with Crippen LogP contribution in [0, 0.1) is 23.5 Å². The van der Waals surface area contributed by atoms with Gasteiger partial charge in [-0.05, 0) is 71.7 Å². The summed E-state index contributed by atoms with van der Waals surface area (Å²) in [4.78, 5) is 3.35. The van der Waals surface area contributed by atoms with Crippen LogP contribution in [0.5, 0.6) is 5.75 Å². The molecular weight excluding hydrogens is 445 g/mol. The lowest BCUT2D eigenvalue weighted by atomic mass is 9.96. The van der Waals surface area contributed by atoms with Crippen LogP contribution in [0.4, 0.5) is 27.6 Å². The van der Waals surface area contributed by atoms with Gasteiger partial charge in [-0.25, -0.2) is 8.78 Å². The predicted molar refractivity (Wildman–Crippen MR) is 115 cm³/mol. The molecule has 8 heteroatoms. The molecule has 0 atom stereocenters. The molecule has 32 heavy (non-hydrogen) atoms. The Morgan fingerprint density at radius 2 is 1.53 bits per heavy atom. The molecule has 0 aromatic heterocycles. The number of isothiocyanates is 1. The van der Waals surface area contributed by atoms with Crippen LogP contribution < -0.4 is 4.74 Å². The van der Waals surface area contributed by atoms with Crippen LogP contribution in [0.25, 0.3) is 11.1 Å². The fourth-order valence-electron chi connectivity index (χ4n) is 3.02. The van der Waals surface area contributed by atoms with E-state index in [2.05, 4.69) is 33.8 Å². The summed E-state index contributed by atoms with van der Waals surface area (Å²) in [5.41, 5.74) is 2.68. The molecule has 0 saturated carbocycles. The highest BCUT2D eigenvalue weighted by atomic mass is 32.1. The van der Waals surface area contributed by atoms with E-state index in [1.165, 1.54) is 24.3 Å². The Labute approximate surface area is 186 Å². The first-order valence-corrected chi connectivity index (χ1v) is 9.69. The molecule has 0 unspecified atom stereocenters. The Kier molecular flexibility index (Phi) is 7.04. The van der Waals surface area contributed by atoms with Crippen LogP contribution in [0.1, 0.15) is 23.6 Å². The van der Waals surface area contributed by atoms with Crippen LogP contribution >= 0.6 is 12.2 Å². The first kappa shape index (κ1) is 23.1. The van der Waals surface area contributed by atoms with Gasteiger partial charge in [0.1, 0.15) is 11.4 Å². The fourth-order valence-corrected chi connectivity index (χ4v) is 3.11. The highest BCUT2D eigenvalue weighted by molar-refractivity contribution is 7.78. The van der Waals surface area contributed by atoms with E-state index in [-0.39, 0.29) is 11.3 Å². The SMILES string of the molecule is CCc1cc(C#Cc2cc(F)c(N=C=S)c(F)c2)ccc1-c1ccc(OC(F)(F)F)cc1. The minimum absolute atomic E-state index is 0.130. The number of nitrogens with zero attached hydrogens (tertiary/aromatic N) is 1. The van der Waals surface area contributed by atoms with E-state index in [0.717, 1.165) is 28.8 Å². The van der Waals surface area contributed by atoms with Crippen LogP contribution in [-0.2, 0) is 6.42 Å². The van der Waals surface area contributed by atoms with Crippen molar-refractivity contribution in [1.29, 1.82) is 0 Å². The second-order valence-electron chi connectivity index (χ2n) is 6.54. The maximum Gasteiger partial charge on any atom is 0.573 e. The molecule has 0 saturated heterocycles. The molecule has 0 heterocycles. The van der Waals surface area contributed by atoms with Gasteiger partial charge in [-0.1, -0.05) is 37.0 Å². The largest absolute Gasteiger partial charge is 0.573 e. The van der Waals surface area contributed by atoms with E-state index < -0.39 is 23.7 Å². The molecule has 3 rings (SSSR count). The van der Waals surface area contributed by atoms with E-state index >= 15 is 0 Å². The molecule has 0 radical (unpaired) electrons. The third-order valence-electron chi connectivity index (χ3n) is 4.41. The number of hydrogen-bond donors (Lipinski definition) is 0. The number of rotatable bonds is 4. The summed E-state index contributed by atoms with van der Waals surface area (Å²) in [6, 6.07) is 13.0. The van der Waals surface area contributed by atoms with E-state index in [0.29, 0.717) is 12.0 Å². The second kappa shape index (κ2) is 9.73. The molecule has 162 valence electrons. The zero-order valence-corrected chi connectivity index (χ0v) is 17.4. The molecule has 0 fully saturated rings. The van der Waals surface area contributed by atoms with Crippen LogP contribution in [0.3, 0.4) is 0 Å². The fraction of sp³-hybridized carbons (Fsp3) is 0.125. The van der Waals surface area contributed by atoms with E-state index in [1.807, 2.05) is 18.2 Å². The third-order valence-corrected chi connectivity index (χ3v) is 4.50. The number of alkyl halides is 3. The number of hydrogen-bond acceptors (Lipinski definition) is 3. The summed E-state index contributed by atoms with van der Waals surface area (Å²) in [7, 11) is 0. The zero-order chi connectivity index (χ0) is 23.3. The van der Waals surface area contributed by atoms with E-state index in [4.69, 9.17) is 0 Å². The Hall–Kier alpha value is -3.53. The number of halogens is 5. The summed E-state index contributed by atoms with van der Waals surface area (Å²) in [6.07, 6.45) is -4.11. The lowest BCUT2D eigenvalue weighted by Crippen LogP contribution is -2.16. The molecular formula is C24H14F5NOS. The summed E-state index contributed by atoms with van der Waals surface area (Å²) in [5, 5.41) is 1.92. The van der Waals surface area contributed by atoms with Gasteiger partial charge in [-0.2, -0.15) is 4.99 Å². The number of aliphatic imine (C=N–C) groups is 1. The average molecular weight is 459 g/mol. The third kappa shape index (κ3) is 5.79. The van der Waals surface area contributed by atoms with Gasteiger partial charge in [-0.15, -0.1) is 13.2 Å². The van der Waals surface area contributed by atoms with Crippen LogP contribution in [0.15, 0.2) is 59.6 Å². The topological polar surface area (TPSA) is 21.6 Å². The predicted octanol–water partition coefficient (Wildman–Crippen LogP) is 7.23. The highest BCUT2D eigenvalue weighted by Crippen LogP contribution is 2.29. The Morgan fingerprint density at radius 3 is 2.09 bits per heavy atom. The lowest BCUT2D eigenvalue weighted by molar-refractivity contribution is -0.274. The Morgan fingerprint density at radius 1 is 0.906 bits per heavy atom. The molecule has 0 aliphatic heterocycles. The zero-order valence-electron chi connectivity index (χ0n) is 16.6. The number of benzene rings is 3. The van der Waals surface area contributed by atoms with Gasteiger partial charge in [0.25, 0.3) is 0 Å². The summed E-state index contributed by atoms with van der Waals surface area (Å²) in [5.74, 6) is 3.48. The number of thiocarbonyl (C=S) groups is 1. The van der Waals surface area contributed by atoms with Gasteiger partial charge >= 0.3 is 6.36 Å². The molecule has 3 aromatic rings. The average Bonchev–Trinajstić information content (AvgIpc) is 2.74. The van der Waals surface area contributed by atoms with Gasteiger partial charge in [-0.3, -0.25) is 0 Å². The lowest BCUT2D eigenvalue weighted by Gasteiger charge is -2.11. The van der Waals surface area contributed by atoms with Gasteiger partial charge < -0.3 is 4.74 Å².